The van der Waals surface area contributed by atoms with Gasteiger partial charge in [0.05, 0.1) is 16.2 Å². The number of amides is 1. The summed E-state index contributed by atoms with van der Waals surface area (Å²) in [7, 11) is 0. The second-order valence-electron chi connectivity index (χ2n) is 7.42. The molecule has 0 radical (unpaired) electrons. The Balaban J connectivity index is 1.50. The van der Waals surface area contributed by atoms with Crippen LogP contribution in [0.1, 0.15) is 5.82 Å². The minimum atomic E-state index is -0.579. The van der Waals surface area contributed by atoms with Crippen LogP contribution in [-0.4, -0.2) is 20.4 Å². The third-order valence-corrected chi connectivity index (χ3v) is 6.57. The lowest BCUT2D eigenvalue weighted by Crippen LogP contribution is -2.29. The third-order valence-electron chi connectivity index (χ3n) is 5.21. The molecule has 5 aromatic rings. The van der Waals surface area contributed by atoms with Gasteiger partial charge >= 0.3 is 0 Å². The van der Waals surface area contributed by atoms with Gasteiger partial charge in [-0.1, -0.05) is 41.9 Å². The molecule has 2 aromatic carbocycles. The summed E-state index contributed by atoms with van der Waals surface area (Å²) in [6.07, 6.45) is 0. The van der Waals surface area contributed by atoms with Gasteiger partial charge in [-0.2, -0.15) is 0 Å². The van der Waals surface area contributed by atoms with Gasteiger partial charge < -0.3 is 5.32 Å². The molecule has 0 aliphatic rings. The summed E-state index contributed by atoms with van der Waals surface area (Å²) in [5.41, 5.74) is 2.39. The highest BCUT2D eigenvalue weighted by Gasteiger charge is 2.17. The van der Waals surface area contributed by atoms with Crippen molar-refractivity contribution in [3.8, 4) is 11.3 Å². The first-order valence-electron chi connectivity index (χ1n) is 10.0. The molecule has 9 heteroatoms. The number of thiophene rings is 1. The molecule has 0 aliphatic carbocycles. The van der Waals surface area contributed by atoms with Crippen LogP contribution in [0.3, 0.4) is 0 Å². The lowest BCUT2D eigenvalue weighted by atomic mass is 10.1. The van der Waals surface area contributed by atoms with Gasteiger partial charge in [0.2, 0.25) is 5.91 Å². The fourth-order valence-corrected chi connectivity index (χ4v) is 4.83. The van der Waals surface area contributed by atoms with E-state index in [4.69, 9.17) is 16.6 Å². The highest BCUT2D eigenvalue weighted by Crippen LogP contribution is 2.31. The van der Waals surface area contributed by atoms with Crippen molar-refractivity contribution in [2.75, 3.05) is 5.32 Å². The smallest absolute Gasteiger partial charge is 0.272 e. The maximum absolute atomic E-state index is 13.3. The Morgan fingerprint density at radius 1 is 1.12 bits per heavy atom. The largest absolute Gasteiger partial charge is 0.324 e. The SMILES string of the molecule is Cc1nc2c(sc3nc(-c4ccccc4)ccc32)c(=O)n1CC(=O)Nc1ccc(F)c(Cl)c1. The van der Waals surface area contributed by atoms with Gasteiger partial charge in [0.25, 0.3) is 5.56 Å². The number of nitrogens with zero attached hydrogens (tertiary/aromatic N) is 3. The van der Waals surface area contributed by atoms with Crippen molar-refractivity contribution in [1.82, 2.24) is 14.5 Å². The number of anilines is 1. The Hall–Kier alpha value is -3.62. The van der Waals surface area contributed by atoms with Gasteiger partial charge in [-0.25, -0.2) is 14.4 Å². The Bertz CT molecular complexity index is 1600. The highest BCUT2D eigenvalue weighted by atomic mass is 35.5. The van der Waals surface area contributed by atoms with Crippen molar-refractivity contribution < 1.29 is 9.18 Å². The van der Waals surface area contributed by atoms with Crippen molar-refractivity contribution >= 4 is 55.0 Å². The number of nitrogens with one attached hydrogen (secondary N) is 1. The number of pyridine rings is 1. The molecule has 0 spiro atoms. The molecular formula is C24H16ClFN4O2S. The van der Waals surface area contributed by atoms with Crippen molar-refractivity contribution in [2.24, 2.45) is 0 Å². The zero-order chi connectivity index (χ0) is 23.1. The second-order valence-corrected chi connectivity index (χ2v) is 8.83. The van der Waals surface area contributed by atoms with Gasteiger partial charge in [0.15, 0.2) is 0 Å². The monoisotopic (exact) mass is 478 g/mol. The minimum Gasteiger partial charge on any atom is -0.324 e. The summed E-state index contributed by atoms with van der Waals surface area (Å²) in [5, 5.41) is 3.33. The molecule has 0 unspecified atom stereocenters. The highest BCUT2D eigenvalue weighted by molar-refractivity contribution is 7.25. The van der Waals surface area contributed by atoms with E-state index in [2.05, 4.69) is 10.3 Å². The van der Waals surface area contributed by atoms with Gasteiger partial charge in [-0.05, 0) is 37.3 Å². The van der Waals surface area contributed by atoms with E-state index in [0.717, 1.165) is 22.7 Å². The van der Waals surface area contributed by atoms with Crippen molar-refractivity contribution in [3.05, 3.63) is 87.7 Å². The van der Waals surface area contributed by atoms with Gasteiger partial charge in [-0.3, -0.25) is 14.2 Å². The third kappa shape index (κ3) is 3.99. The van der Waals surface area contributed by atoms with E-state index in [1.807, 2.05) is 42.5 Å². The van der Waals surface area contributed by atoms with Crippen LogP contribution in [0.15, 0.2) is 65.5 Å². The number of aromatic nitrogens is 3. The van der Waals surface area contributed by atoms with E-state index in [1.54, 1.807) is 6.92 Å². The van der Waals surface area contributed by atoms with Crippen LogP contribution in [0.4, 0.5) is 10.1 Å². The number of carbonyl (C=O) groups is 1. The number of fused-ring (bicyclic) bond motifs is 3. The average molecular weight is 479 g/mol. The molecule has 33 heavy (non-hydrogen) atoms. The molecule has 0 saturated heterocycles. The Kier molecular flexibility index (Phi) is 5.39. The van der Waals surface area contributed by atoms with Gasteiger partial charge in [0, 0.05) is 16.6 Å². The summed E-state index contributed by atoms with van der Waals surface area (Å²) in [4.78, 5) is 35.8. The van der Waals surface area contributed by atoms with E-state index < -0.39 is 11.7 Å². The first kappa shape index (κ1) is 21.2. The molecule has 1 N–H and O–H groups in total. The molecule has 0 fully saturated rings. The Morgan fingerprint density at radius 3 is 2.67 bits per heavy atom. The minimum absolute atomic E-state index is 0.100. The number of halogens is 2. The first-order valence-corrected chi connectivity index (χ1v) is 11.2. The standard InChI is InChI=1S/C24H16ClFN4O2S/c1-13-27-21-16-8-10-19(14-5-3-2-4-6-14)29-23(16)33-22(21)24(32)30(13)12-20(31)28-15-7-9-18(26)17(25)11-15/h2-11H,12H2,1H3,(H,28,31). The van der Waals surface area contributed by atoms with E-state index in [1.165, 1.54) is 28.0 Å². The number of hydrogen-bond donors (Lipinski definition) is 1. The van der Waals surface area contributed by atoms with Crippen molar-refractivity contribution in [1.29, 1.82) is 0 Å². The van der Waals surface area contributed by atoms with Crippen LogP contribution in [0.25, 0.3) is 31.7 Å². The Labute approximate surface area is 196 Å². The number of rotatable bonds is 4. The fraction of sp³-hybridized carbons (Fsp3) is 0.0833. The van der Waals surface area contributed by atoms with Crippen molar-refractivity contribution in [3.63, 3.8) is 0 Å². The summed E-state index contributed by atoms with van der Waals surface area (Å²) in [6.45, 7) is 1.44. The van der Waals surface area contributed by atoms with Crippen LogP contribution < -0.4 is 10.9 Å². The molecule has 6 nitrogen and oxygen atoms in total. The molecule has 164 valence electrons. The number of carbonyl (C=O) groups excluding carboxylic acids is 1. The van der Waals surface area contributed by atoms with Crippen LogP contribution in [0.2, 0.25) is 5.02 Å². The topological polar surface area (TPSA) is 76.9 Å². The number of aryl methyl sites for hydroxylation is 1. The first-order chi connectivity index (χ1) is 15.9. The second kappa shape index (κ2) is 8.38. The van der Waals surface area contributed by atoms with Crippen LogP contribution >= 0.6 is 22.9 Å². The molecule has 1 amide bonds. The molecule has 0 aliphatic heterocycles. The zero-order valence-corrected chi connectivity index (χ0v) is 18.9. The quantitative estimate of drug-likeness (QED) is 0.374. The average Bonchev–Trinajstić information content (AvgIpc) is 3.17. The Morgan fingerprint density at radius 2 is 1.91 bits per heavy atom. The van der Waals surface area contributed by atoms with Gasteiger partial charge in [0.1, 0.15) is 27.7 Å². The molecule has 3 aromatic heterocycles. The van der Waals surface area contributed by atoms with Crippen LogP contribution in [0.5, 0.6) is 0 Å². The summed E-state index contributed by atoms with van der Waals surface area (Å²) in [6, 6.07) is 17.5. The lowest BCUT2D eigenvalue weighted by Gasteiger charge is -2.10. The van der Waals surface area contributed by atoms with Crippen LogP contribution in [-0.2, 0) is 11.3 Å². The predicted octanol–water partition coefficient (Wildman–Crippen LogP) is 5.41. The van der Waals surface area contributed by atoms with Gasteiger partial charge in [-0.15, -0.1) is 11.3 Å². The number of benzene rings is 2. The summed E-state index contributed by atoms with van der Waals surface area (Å²) in [5.74, 6) is -0.619. The fourth-order valence-electron chi connectivity index (χ4n) is 3.59. The lowest BCUT2D eigenvalue weighted by molar-refractivity contribution is -0.116. The molecule has 0 bridgehead atoms. The molecular weight excluding hydrogens is 463 g/mol. The predicted molar refractivity (Wildman–Crippen MR) is 129 cm³/mol. The van der Waals surface area contributed by atoms with E-state index in [0.29, 0.717) is 26.6 Å². The molecule has 0 atom stereocenters. The summed E-state index contributed by atoms with van der Waals surface area (Å²) >= 11 is 7.02. The van der Waals surface area contributed by atoms with E-state index in [-0.39, 0.29) is 17.1 Å². The van der Waals surface area contributed by atoms with E-state index >= 15 is 0 Å². The zero-order valence-electron chi connectivity index (χ0n) is 17.3. The normalized spacial score (nSPS) is 11.2. The summed E-state index contributed by atoms with van der Waals surface area (Å²) < 4.78 is 15.1. The molecule has 0 saturated carbocycles. The van der Waals surface area contributed by atoms with Crippen LogP contribution in [0, 0.1) is 12.7 Å². The number of hydrogen-bond acceptors (Lipinski definition) is 5. The molecule has 5 rings (SSSR count). The molecule has 3 heterocycles. The van der Waals surface area contributed by atoms with E-state index in [9.17, 15) is 14.0 Å². The maximum atomic E-state index is 13.3. The maximum Gasteiger partial charge on any atom is 0.272 e. The van der Waals surface area contributed by atoms with Crippen molar-refractivity contribution in [2.45, 2.75) is 13.5 Å².